The summed E-state index contributed by atoms with van der Waals surface area (Å²) in [5.74, 6) is -0.0440. The second-order valence-corrected chi connectivity index (χ2v) is 10.1. The number of carbonyl (C=O) groups is 2. The molecule has 1 aliphatic rings. The molecule has 0 aromatic heterocycles. The highest BCUT2D eigenvalue weighted by atomic mass is 32.2. The molecule has 0 radical (unpaired) electrons. The molecule has 34 heavy (non-hydrogen) atoms. The van der Waals surface area contributed by atoms with E-state index in [0.717, 1.165) is 31.2 Å². The monoisotopic (exact) mass is 489 g/mol. The van der Waals surface area contributed by atoms with Crippen LogP contribution >= 0.6 is 0 Å². The quantitative estimate of drug-likeness (QED) is 0.371. The van der Waals surface area contributed by atoms with E-state index in [1.165, 1.54) is 20.3 Å². The Labute approximate surface area is 200 Å². The number of sulfonamides is 1. The summed E-state index contributed by atoms with van der Waals surface area (Å²) >= 11 is 0. The predicted molar refractivity (Wildman–Crippen MR) is 127 cm³/mol. The van der Waals surface area contributed by atoms with E-state index >= 15 is 0 Å². The maximum absolute atomic E-state index is 12.9. The van der Waals surface area contributed by atoms with Gasteiger partial charge in [-0.05, 0) is 55.2 Å². The van der Waals surface area contributed by atoms with Gasteiger partial charge in [0.05, 0.1) is 24.7 Å². The number of Topliss-reactive ketones (excluding diaryl/α,β-unsaturated/α-hetero) is 1. The highest BCUT2D eigenvalue weighted by Crippen LogP contribution is 2.25. The molecule has 2 aromatic carbocycles. The van der Waals surface area contributed by atoms with E-state index in [4.69, 9.17) is 14.2 Å². The van der Waals surface area contributed by atoms with Crippen LogP contribution < -0.4 is 9.47 Å². The fraction of sp³-hybridized carbons (Fsp3) is 0.440. The molecular weight excluding hydrogens is 458 g/mol. The third kappa shape index (κ3) is 6.57. The number of hydrogen-bond donors (Lipinski definition) is 0. The van der Waals surface area contributed by atoms with E-state index in [0.29, 0.717) is 31.0 Å². The number of esters is 1. The van der Waals surface area contributed by atoms with Crippen LogP contribution in [0, 0.1) is 0 Å². The standard InChI is InChI=1S/C25H31NO7S/c1-31-20-10-13-24(32-2)22(17-20)23(27)18-33-25(28)14-9-19-7-11-21(12-8-19)34(29,30)26-15-5-3-4-6-16-26/h7-8,10-13,17H,3-6,9,14-16,18H2,1-2H3. The van der Waals surface area contributed by atoms with Gasteiger partial charge in [0.25, 0.3) is 0 Å². The number of nitrogens with zero attached hydrogens (tertiary/aromatic N) is 1. The summed E-state index contributed by atoms with van der Waals surface area (Å²) in [6.07, 6.45) is 4.32. The molecule has 1 fully saturated rings. The van der Waals surface area contributed by atoms with Gasteiger partial charge in [0.2, 0.25) is 15.8 Å². The van der Waals surface area contributed by atoms with Crippen LogP contribution in [0.3, 0.4) is 0 Å². The van der Waals surface area contributed by atoms with Crippen molar-refractivity contribution < 1.29 is 32.2 Å². The molecule has 9 heteroatoms. The molecule has 0 aliphatic carbocycles. The largest absolute Gasteiger partial charge is 0.497 e. The minimum atomic E-state index is -3.50. The Hall–Kier alpha value is -2.91. The van der Waals surface area contributed by atoms with Crippen LogP contribution in [0.5, 0.6) is 11.5 Å². The van der Waals surface area contributed by atoms with Crippen molar-refractivity contribution in [2.75, 3.05) is 33.9 Å². The second kappa shape index (κ2) is 12.0. The number of ketones is 1. The van der Waals surface area contributed by atoms with Crippen LogP contribution in [0.1, 0.15) is 48.0 Å². The van der Waals surface area contributed by atoms with Gasteiger partial charge in [-0.1, -0.05) is 25.0 Å². The first-order valence-electron chi connectivity index (χ1n) is 11.3. The van der Waals surface area contributed by atoms with Gasteiger partial charge in [-0.3, -0.25) is 9.59 Å². The first kappa shape index (κ1) is 25.7. The number of hydrogen-bond acceptors (Lipinski definition) is 7. The smallest absolute Gasteiger partial charge is 0.306 e. The van der Waals surface area contributed by atoms with Crippen molar-refractivity contribution in [3.05, 3.63) is 53.6 Å². The molecule has 8 nitrogen and oxygen atoms in total. The van der Waals surface area contributed by atoms with E-state index in [1.807, 2.05) is 0 Å². The maximum Gasteiger partial charge on any atom is 0.306 e. The highest BCUT2D eigenvalue weighted by molar-refractivity contribution is 7.89. The van der Waals surface area contributed by atoms with Gasteiger partial charge in [0, 0.05) is 19.5 Å². The average molecular weight is 490 g/mol. The first-order chi connectivity index (χ1) is 16.3. The fourth-order valence-corrected chi connectivity index (χ4v) is 5.35. The Morgan fingerprint density at radius 1 is 0.912 bits per heavy atom. The van der Waals surface area contributed by atoms with Crippen LogP contribution in [0.25, 0.3) is 0 Å². The Kier molecular flexibility index (Phi) is 9.06. The molecule has 184 valence electrons. The van der Waals surface area contributed by atoms with E-state index in [9.17, 15) is 18.0 Å². The number of rotatable bonds is 10. The summed E-state index contributed by atoms with van der Waals surface area (Å²) in [5, 5.41) is 0. The molecule has 2 aromatic rings. The number of aryl methyl sites for hydroxylation is 1. The van der Waals surface area contributed by atoms with Crippen molar-refractivity contribution in [3.63, 3.8) is 0 Å². The molecule has 0 saturated carbocycles. The van der Waals surface area contributed by atoms with Crippen LogP contribution in [-0.4, -0.2) is 58.4 Å². The normalized spacial score (nSPS) is 14.8. The molecule has 1 heterocycles. The van der Waals surface area contributed by atoms with Crippen molar-refractivity contribution in [1.29, 1.82) is 0 Å². The van der Waals surface area contributed by atoms with Crippen LogP contribution in [0.2, 0.25) is 0 Å². The molecule has 0 amide bonds. The van der Waals surface area contributed by atoms with Crippen LogP contribution in [0.15, 0.2) is 47.4 Å². The lowest BCUT2D eigenvalue weighted by Gasteiger charge is -2.20. The third-order valence-electron chi connectivity index (χ3n) is 5.82. The summed E-state index contributed by atoms with van der Waals surface area (Å²) in [6.45, 7) is 0.696. The summed E-state index contributed by atoms with van der Waals surface area (Å²) < 4.78 is 42.8. The topological polar surface area (TPSA) is 99.2 Å². The second-order valence-electron chi connectivity index (χ2n) is 8.11. The van der Waals surface area contributed by atoms with E-state index in [1.54, 1.807) is 40.7 Å². The molecule has 0 bridgehead atoms. The van der Waals surface area contributed by atoms with Gasteiger partial charge < -0.3 is 14.2 Å². The summed E-state index contributed by atoms with van der Waals surface area (Å²) in [5.41, 5.74) is 1.09. The maximum atomic E-state index is 12.9. The van der Waals surface area contributed by atoms with Crippen molar-refractivity contribution in [2.45, 2.75) is 43.4 Å². The highest BCUT2D eigenvalue weighted by Gasteiger charge is 2.25. The number of ether oxygens (including phenoxy) is 3. The summed E-state index contributed by atoms with van der Waals surface area (Å²) in [6, 6.07) is 11.4. The lowest BCUT2D eigenvalue weighted by atomic mass is 10.1. The van der Waals surface area contributed by atoms with E-state index < -0.39 is 28.4 Å². The number of benzene rings is 2. The van der Waals surface area contributed by atoms with Crippen LogP contribution in [0.4, 0.5) is 0 Å². The Morgan fingerprint density at radius 3 is 2.21 bits per heavy atom. The molecule has 1 saturated heterocycles. The van der Waals surface area contributed by atoms with Gasteiger partial charge in [0.15, 0.2) is 6.61 Å². The molecular formula is C25H31NO7S. The zero-order valence-electron chi connectivity index (χ0n) is 19.6. The van der Waals surface area contributed by atoms with E-state index in [2.05, 4.69) is 0 Å². The van der Waals surface area contributed by atoms with Gasteiger partial charge in [0.1, 0.15) is 11.5 Å². The van der Waals surface area contributed by atoms with Crippen molar-refractivity contribution >= 4 is 21.8 Å². The Balaban J connectivity index is 1.52. The van der Waals surface area contributed by atoms with Crippen molar-refractivity contribution in [3.8, 4) is 11.5 Å². The first-order valence-corrected chi connectivity index (χ1v) is 12.8. The van der Waals surface area contributed by atoms with Crippen LogP contribution in [-0.2, 0) is 26.0 Å². The van der Waals surface area contributed by atoms with Crippen molar-refractivity contribution in [2.24, 2.45) is 0 Å². The Morgan fingerprint density at radius 2 is 1.59 bits per heavy atom. The predicted octanol–water partition coefficient (Wildman–Crippen LogP) is 3.63. The lowest BCUT2D eigenvalue weighted by Crippen LogP contribution is -2.31. The average Bonchev–Trinajstić information content (AvgIpc) is 3.16. The molecule has 1 aliphatic heterocycles. The molecule has 3 rings (SSSR count). The number of carbonyl (C=O) groups excluding carboxylic acids is 2. The minimum Gasteiger partial charge on any atom is -0.497 e. The Bertz CT molecular complexity index is 1090. The minimum absolute atomic E-state index is 0.0702. The summed E-state index contributed by atoms with van der Waals surface area (Å²) in [7, 11) is -0.557. The molecule has 0 N–H and O–H groups in total. The molecule has 0 atom stereocenters. The summed E-state index contributed by atoms with van der Waals surface area (Å²) in [4.78, 5) is 24.9. The molecule has 0 spiro atoms. The lowest BCUT2D eigenvalue weighted by molar-refractivity contribution is -0.142. The number of methoxy groups -OCH3 is 2. The van der Waals surface area contributed by atoms with Gasteiger partial charge in [-0.2, -0.15) is 4.31 Å². The van der Waals surface area contributed by atoms with Gasteiger partial charge in [-0.15, -0.1) is 0 Å². The molecule has 0 unspecified atom stereocenters. The zero-order valence-corrected chi connectivity index (χ0v) is 20.4. The van der Waals surface area contributed by atoms with Gasteiger partial charge >= 0.3 is 5.97 Å². The van der Waals surface area contributed by atoms with Gasteiger partial charge in [-0.25, -0.2) is 8.42 Å². The van der Waals surface area contributed by atoms with E-state index in [-0.39, 0.29) is 16.9 Å². The van der Waals surface area contributed by atoms with Crippen molar-refractivity contribution in [1.82, 2.24) is 4.31 Å². The SMILES string of the molecule is COc1ccc(OC)c(C(=O)COC(=O)CCc2ccc(S(=O)(=O)N3CCCCCC3)cc2)c1. The fourth-order valence-electron chi connectivity index (χ4n) is 3.83. The zero-order chi connectivity index (χ0) is 24.6. The third-order valence-corrected chi connectivity index (χ3v) is 7.73.